The number of hydrogen-bond acceptors (Lipinski definition) is 22. The summed E-state index contributed by atoms with van der Waals surface area (Å²) in [7, 11) is 7.10. The van der Waals surface area contributed by atoms with Crippen molar-refractivity contribution in [2.45, 2.75) is 198 Å². The molecule has 5 fully saturated rings. The fourth-order valence-corrected chi connectivity index (χ4v) is 15.0. The van der Waals surface area contributed by atoms with Crippen LogP contribution in [-0.2, 0) is 48.2 Å². The van der Waals surface area contributed by atoms with Gasteiger partial charge in [-0.15, -0.1) is 15.3 Å². The number of anilines is 3. The fraction of sp³-hybridized carbons (Fsp3) is 0.595. The van der Waals surface area contributed by atoms with Crippen molar-refractivity contribution in [3.05, 3.63) is 91.1 Å². The summed E-state index contributed by atoms with van der Waals surface area (Å²) in [4.78, 5) is 57.0. The lowest BCUT2D eigenvalue weighted by Gasteiger charge is -2.32. The number of nitrogens with one attached hydrogen (secondary N) is 3. The Morgan fingerprint density at radius 3 is 1.10 bits per heavy atom. The molecule has 0 bridgehead atoms. The van der Waals surface area contributed by atoms with Crippen LogP contribution < -0.4 is 16.0 Å². The van der Waals surface area contributed by atoms with Gasteiger partial charge in [-0.2, -0.15) is 15.3 Å². The van der Waals surface area contributed by atoms with E-state index >= 15 is 0 Å². The molecule has 104 heavy (non-hydrogen) atoms. The molecule has 11 heterocycles. The third kappa shape index (κ3) is 18.5. The van der Waals surface area contributed by atoms with Gasteiger partial charge in [0, 0.05) is 172 Å². The summed E-state index contributed by atoms with van der Waals surface area (Å²) in [5.74, 6) is 2.93. The number of piperazine rings is 1. The molecule has 0 radical (unpaired) electrons. The molecule has 3 aliphatic carbocycles. The highest BCUT2D eigenvalue weighted by molar-refractivity contribution is 5.84. The second kappa shape index (κ2) is 34.9. The Kier molecular flexibility index (Phi) is 25.1. The molecule has 3 atom stereocenters. The van der Waals surface area contributed by atoms with E-state index < -0.39 is 0 Å². The summed E-state index contributed by atoms with van der Waals surface area (Å²) in [6.45, 7) is 15.3. The molecule has 5 aliphatic rings. The smallest absolute Gasteiger partial charge is 0.244 e. The van der Waals surface area contributed by atoms with Gasteiger partial charge < -0.3 is 60.2 Å². The molecule has 9 aromatic rings. The van der Waals surface area contributed by atoms with Crippen LogP contribution in [0.5, 0.6) is 0 Å². The zero-order valence-corrected chi connectivity index (χ0v) is 61.6. The van der Waals surface area contributed by atoms with E-state index in [9.17, 15) is 29.7 Å². The molecule has 0 unspecified atom stereocenters. The van der Waals surface area contributed by atoms with Crippen molar-refractivity contribution in [3.8, 4) is 33.4 Å². The second-order valence-corrected chi connectivity index (χ2v) is 29.0. The molecular weight excluding hydrogens is 1330 g/mol. The van der Waals surface area contributed by atoms with Crippen LogP contribution in [0.2, 0.25) is 0 Å². The van der Waals surface area contributed by atoms with Crippen molar-refractivity contribution >= 4 is 52.0 Å². The predicted molar refractivity (Wildman–Crippen MR) is 394 cm³/mol. The molecule has 2 amide bonds. The van der Waals surface area contributed by atoms with Crippen LogP contribution in [0.4, 0.5) is 17.8 Å². The van der Waals surface area contributed by atoms with Crippen LogP contribution in [0.1, 0.15) is 159 Å². The summed E-state index contributed by atoms with van der Waals surface area (Å²) in [6.07, 6.45) is 29.0. The number of nitrogens with zero attached hydrogens (tertiary/aromatic N) is 18. The molecule has 30 heteroatoms. The average Bonchev–Trinajstić information content (AvgIpc) is 1.63. The first-order valence-corrected chi connectivity index (χ1v) is 37.2. The zero-order valence-electron chi connectivity index (χ0n) is 61.6. The number of rotatable bonds is 25. The van der Waals surface area contributed by atoms with E-state index in [0.717, 1.165) is 196 Å². The van der Waals surface area contributed by atoms with Gasteiger partial charge >= 0.3 is 0 Å². The van der Waals surface area contributed by atoms with Gasteiger partial charge in [0.15, 0.2) is 5.78 Å². The maximum absolute atomic E-state index is 12.8. The van der Waals surface area contributed by atoms with Gasteiger partial charge in [0.05, 0.1) is 98.4 Å². The van der Waals surface area contributed by atoms with E-state index in [4.69, 9.17) is 29.5 Å². The minimum absolute atomic E-state index is 0.0711. The first kappa shape index (κ1) is 74.9. The molecule has 9 aromatic heterocycles. The number of hydrogen-bond donors (Lipinski definition) is 6. The van der Waals surface area contributed by atoms with Crippen LogP contribution >= 0.6 is 0 Å². The molecule has 560 valence electrons. The number of aromatic nitrogens is 15. The number of ketones is 1. The Labute approximate surface area is 606 Å². The lowest BCUT2D eigenvalue weighted by Crippen LogP contribution is -2.48. The SMILES string of the molecule is CCC(=O)Cn1cc(-c2cc(C3CCC(O)CC3)n3nc(N[C@@H](C)COC)ncc23)cn1.COC[C@H](C)Nc1ncc2c(-c3cnn(CC(=O)N4CCCC4)c3)cc(C3CCC(O)CC3)n2n1.COC[C@H](C)Nc1ncc2c(-c3cnn(CC(=O)N4CCN(C)CC4)c3)cc(C3CCC(O)CC3)n2n1. The molecule has 3 saturated carbocycles. The fourth-order valence-electron chi connectivity index (χ4n) is 15.0. The Bertz CT molecular complexity index is 4290. The summed E-state index contributed by atoms with van der Waals surface area (Å²) >= 11 is 0. The number of fused-ring (bicyclic) bond motifs is 3. The number of Topliss-reactive ketones (excluding diaryl/α,β-unsaturated/α-hetero) is 1. The van der Waals surface area contributed by atoms with Crippen LogP contribution in [0.25, 0.3) is 49.9 Å². The highest BCUT2D eigenvalue weighted by Crippen LogP contribution is 2.41. The summed E-state index contributed by atoms with van der Waals surface area (Å²) < 4.78 is 26.8. The van der Waals surface area contributed by atoms with Crippen LogP contribution in [0, 0.1) is 0 Å². The van der Waals surface area contributed by atoms with Crippen molar-refractivity contribution < 1.29 is 43.9 Å². The van der Waals surface area contributed by atoms with E-state index in [0.29, 0.717) is 61.8 Å². The quantitative estimate of drug-likeness (QED) is 0.0321. The predicted octanol–water partition coefficient (Wildman–Crippen LogP) is 7.55. The number of ether oxygens (including phenoxy) is 3. The lowest BCUT2D eigenvalue weighted by atomic mass is 9.85. The minimum atomic E-state index is -0.222. The molecule has 30 nitrogen and oxygen atoms in total. The zero-order chi connectivity index (χ0) is 73.0. The molecular formula is C74H105N21O9. The van der Waals surface area contributed by atoms with Gasteiger partial charge in [-0.3, -0.25) is 28.4 Å². The number of carbonyl (C=O) groups excluding carboxylic acids is 3. The number of carbonyl (C=O) groups is 3. The lowest BCUT2D eigenvalue weighted by molar-refractivity contribution is -0.133. The molecule has 14 rings (SSSR count). The number of aliphatic hydroxyl groups excluding tert-OH is 3. The third-order valence-corrected chi connectivity index (χ3v) is 20.8. The van der Waals surface area contributed by atoms with Crippen LogP contribution in [0.3, 0.4) is 0 Å². The van der Waals surface area contributed by atoms with E-state index in [-0.39, 0.29) is 73.7 Å². The van der Waals surface area contributed by atoms with E-state index in [2.05, 4.69) is 76.3 Å². The van der Waals surface area contributed by atoms with Gasteiger partial charge in [0.25, 0.3) is 0 Å². The highest BCUT2D eigenvalue weighted by Gasteiger charge is 2.31. The van der Waals surface area contributed by atoms with Crippen LogP contribution in [0.15, 0.2) is 74.0 Å². The summed E-state index contributed by atoms with van der Waals surface area (Å²) in [5, 5.41) is 67.8. The van der Waals surface area contributed by atoms with Crippen molar-refractivity contribution in [2.24, 2.45) is 0 Å². The van der Waals surface area contributed by atoms with Gasteiger partial charge in [-0.1, -0.05) is 6.92 Å². The minimum Gasteiger partial charge on any atom is -0.393 e. The standard InChI is InChI=1S/C26H38N8O3.C25H35N7O3.C23H32N6O3/c1-18(17-37-3)29-26-27-14-24-22(12-23(34(24)30-26)19-4-6-21(35)7-5-19)20-13-28-33(15-20)16-25(36)32-10-8-31(2)9-11-32;1-17(16-35-2)28-25-26-13-23-21(11-22(32(23)29-25)18-5-7-20(33)8-6-18)19-12-27-31(14-19)15-24(34)30-9-3-4-10-30;1-4-18(30)13-28-12-17(10-25-28)20-9-21(16-5-7-19(31)8-6-16)29-22(20)11-24-23(27-29)26-15(2)14-32-3/h12-15,18-19,21,35H,4-11,16-17H2,1-3H3,(H,29,30);11-14,17-18,20,33H,3-10,15-16H2,1-2H3,(H,28,29);9-12,15-16,19,31H,4-8,13-14H2,1-3H3,(H,26,27)/t18-,19?,21?;17-,18?,20?;15-,16?,19?/m000/s1. The van der Waals surface area contributed by atoms with Gasteiger partial charge in [-0.05, 0) is 136 Å². The maximum Gasteiger partial charge on any atom is 0.244 e. The Morgan fingerprint density at radius 2 is 0.779 bits per heavy atom. The van der Waals surface area contributed by atoms with Crippen molar-refractivity contribution in [3.63, 3.8) is 0 Å². The van der Waals surface area contributed by atoms with Crippen molar-refractivity contribution in [1.29, 1.82) is 0 Å². The molecule has 0 aromatic carbocycles. The highest BCUT2D eigenvalue weighted by atomic mass is 16.5. The number of likely N-dealkylation sites (N-methyl/N-ethyl adjacent to an activating group) is 1. The van der Waals surface area contributed by atoms with Crippen molar-refractivity contribution in [1.82, 2.24) is 87.8 Å². The number of likely N-dealkylation sites (tertiary alicyclic amines) is 1. The Hall–Kier alpha value is -8.78. The first-order chi connectivity index (χ1) is 50.4. The van der Waals surface area contributed by atoms with Crippen molar-refractivity contribution in [2.75, 3.05) is 103 Å². The monoisotopic (exact) mass is 1430 g/mol. The van der Waals surface area contributed by atoms with Gasteiger partial charge in [0.1, 0.15) is 13.1 Å². The first-order valence-electron chi connectivity index (χ1n) is 37.2. The molecule has 6 N–H and O–H groups in total. The Morgan fingerprint density at radius 1 is 0.462 bits per heavy atom. The summed E-state index contributed by atoms with van der Waals surface area (Å²) in [6, 6.07) is 6.75. The number of aliphatic hydroxyl groups is 3. The van der Waals surface area contributed by atoms with Crippen LogP contribution in [-0.4, -0.2) is 245 Å². The molecule has 2 saturated heterocycles. The third-order valence-electron chi connectivity index (χ3n) is 20.8. The summed E-state index contributed by atoms with van der Waals surface area (Å²) in [5.41, 5.74) is 11.9. The van der Waals surface area contributed by atoms with Gasteiger partial charge in [-0.25, -0.2) is 28.5 Å². The molecule has 0 spiro atoms. The van der Waals surface area contributed by atoms with E-state index in [1.807, 2.05) is 101 Å². The topological polar surface area (TPSA) is 329 Å². The number of methoxy groups -OCH3 is 3. The van der Waals surface area contributed by atoms with Gasteiger partial charge in [0.2, 0.25) is 29.7 Å². The largest absolute Gasteiger partial charge is 0.393 e. The normalized spacial score (nSPS) is 21.1. The maximum atomic E-state index is 12.8. The number of amides is 2. The Balaban J connectivity index is 0.000000147. The molecule has 2 aliphatic heterocycles. The van der Waals surface area contributed by atoms with E-state index in [1.54, 1.807) is 41.6 Å². The average molecular weight is 1430 g/mol. The second-order valence-electron chi connectivity index (χ2n) is 29.0. The van der Waals surface area contributed by atoms with E-state index in [1.165, 1.54) is 0 Å².